The summed E-state index contributed by atoms with van der Waals surface area (Å²) in [5.41, 5.74) is 5.43. The molecule has 1 rings (SSSR count). The second kappa shape index (κ2) is 6.66. The lowest BCUT2D eigenvalue weighted by atomic mass is 10.1. The summed E-state index contributed by atoms with van der Waals surface area (Å²) in [5.74, 6) is 4.19. The lowest BCUT2D eigenvalue weighted by Gasteiger charge is -2.19. The molecule has 0 spiro atoms. The zero-order valence-corrected chi connectivity index (χ0v) is 12.2. The van der Waals surface area contributed by atoms with Gasteiger partial charge in [0, 0.05) is 11.3 Å². The summed E-state index contributed by atoms with van der Waals surface area (Å²) >= 11 is 0. The van der Waals surface area contributed by atoms with Crippen molar-refractivity contribution in [2.24, 2.45) is 0 Å². The third-order valence-electron chi connectivity index (χ3n) is 2.25. The van der Waals surface area contributed by atoms with Crippen molar-refractivity contribution in [2.45, 2.75) is 26.4 Å². The predicted octanol–water partition coefficient (Wildman–Crippen LogP) is 1.84. The van der Waals surface area contributed by atoms with E-state index >= 15 is 0 Å². The predicted molar refractivity (Wildman–Crippen MR) is 78.9 cm³/mol. The summed E-state index contributed by atoms with van der Waals surface area (Å²) < 4.78 is 5.04. The maximum atomic E-state index is 11.4. The molecular weight excluding hydrogens is 272 g/mol. The van der Waals surface area contributed by atoms with Crippen molar-refractivity contribution in [1.82, 2.24) is 5.32 Å². The van der Waals surface area contributed by atoms with E-state index in [1.165, 1.54) is 6.07 Å². The molecule has 0 atom stereocenters. The summed E-state index contributed by atoms with van der Waals surface area (Å²) in [7, 11) is 0. The number of amides is 1. The molecule has 112 valence electrons. The molecule has 0 saturated heterocycles. The second-order valence-electron chi connectivity index (χ2n) is 5.23. The fraction of sp³-hybridized carbons (Fsp3) is 0.333. The topological polar surface area (TPSA) is 102 Å². The smallest absolute Gasteiger partial charge is 0.408 e. The molecule has 0 aliphatic carbocycles. The summed E-state index contributed by atoms with van der Waals surface area (Å²) in [6.07, 6.45) is -0.581. The van der Waals surface area contributed by atoms with Gasteiger partial charge in [-0.15, -0.1) is 0 Å². The Morgan fingerprint density at radius 1 is 1.38 bits per heavy atom. The molecule has 21 heavy (non-hydrogen) atoms. The lowest BCUT2D eigenvalue weighted by molar-refractivity contribution is 0.0534. The van der Waals surface area contributed by atoms with Crippen molar-refractivity contribution >= 4 is 17.7 Å². The van der Waals surface area contributed by atoms with E-state index in [-0.39, 0.29) is 17.8 Å². The van der Waals surface area contributed by atoms with Crippen LogP contribution >= 0.6 is 0 Å². The molecule has 0 aromatic heterocycles. The zero-order valence-electron chi connectivity index (χ0n) is 12.2. The van der Waals surface area contributed by atoms with E-state index in [2.05, 4.69) is 17.2 Å². The SMILES string of the molecule is CC(C)(C)OC(=O)NCC#Cc1cccc(N)c1C(=O)O. The van der Waals surface area contributed by atoms with Gasteiger partial charge in [-0.2, -0.15) is 0 Å². The molecule has 0 fully saturated rings. The number of ether oxygens (including phenoxy) is 1. The third kappa shape index (κ3) is 5.45. The van der Waals surface area contributed by atoms with Crippen LogP contribution in [0, 0.1) is 11.8 Å². The van der Waals surface area contributed by atoms with Crippen LogP contribution in [0.3, 0.4) is 0 Å². The van der Waals surface area contributed by atoms with Gasteiger partial charge < -0.3 is 20.9 Å². The highest BCUT2D eigenvalue weighted by atomic mass is 16.6. The number of carbonyl (C=O) groups excluding carboxylic acids is 1. The molecule has 0 aliphatic rings. The molecule has 1 amide bonds. The zero-order chi connectivity index (χ0) is 16.0. The van der Waals surface area contributed by atoms with Crippen molar-refractivity contribution in [2.75, 3.05) is 12.3 Å². The number of carboxylic acid groups (broad SMARTS) is 1. The number of nitrogens with two attached hydrogens (primary N) is 1. The molecule has 1 aromatic rings. The highest BCUT2D eigenvalue weighted by Crippen LogP contribution is 2.15. The van der Waals surface area contributed by atoms with Crippen LogP contribution in [0.25, 0.3) is 0 Å². The van der Waals surface area contributed by atoms with Crippen molar-refractivity contribution in [3.05, 3.63) is 29.3 Å². The van der Waals surface area contributed by atoms with E-state index in [1.807, 2.05) is 0 Å². The monoisotopic (exact) mass is 290 g/mol. The van der Waals surface area contributed by atoms with E-state index < -0.39 is 17.7 Å². The van der Waals surface area contributed by atoms with Crippen LogP contribution in [0.1, 0.15) is 36.7 Å². The quantitative estimate of drug-likeness (QED) is 0.570. The van der Waals surface area contributed by atoms with Crippen LogP contribution in [-0.4, -0.2) is 29.3 Å². The third-order valence-corrected chi connectivity index (χ3v) is 2.25. The molecule has 6 heteroatoms. The summed E-state index contributed by atoms with van der Waals surface area (Å²) in [6, 6.07) is 4.67. The van der Waals surface area contributed by atoms with E-state index in [1.54, 1.807) is 32.9 Å². The van der Waals surface area contributed by atoms with Crippen LogP contribution in [-0.2, 0) is 4.74 Å². The number of nitrogen functional groups attached to an aromatic ring is 1. The molecule has 0 saturated carbocycles. The van der Waals surface area contributed by atoms with Crippen LogP contribution in [0.2, 0.25) is 0 Å². The van der Waals surface area contributed by atoms with Gasteiger partial charge in [0.1, 0.15) is 5.60 Å². The molecule has 0 radical (unpaired) electrons. The minimum absolute atomic E-state index is 0.0396. The van der Waals surface area contributed by atoms with Crippen molar-refractivity contribution in [1.29, 1.82) is 0 Å². The van der Waals surface area contributed by atoms with Gasteiger partial charge >= 0.3 is 12.1 Å². The number of rotatable bonds is 2. The Kier molecular flexibility index (Phi) is 5.19. The summed E-state index contributed by atoms with van der Waals surface area (Å²) in [6.45, 7) is 5.31. The van der Waals surface area contributed by atoms with E-state index in [0.29, 0.717) is 5.56 Å². The first-order valence-corrected chi connectivity index (χ1v) is 6.28. The van der Waals surface area contributed by atoms with Gasteiger partial charge in [0.05, 0.1) is 12.1 Å². The Bertz CT molecular complexity index is 606. The second-order valence-corrected chi connectivity index (χ2v) is 5.23. The number of carbonyl (C=O) groups is 2. The van der Waals surface area contributed by atoms with E-state index in [4.69, 9.17) is 15.6 Å². The number of hydrogen-bond acceptors (Lipinski definition) is 4. The Morgan fingerprint density at radius 3 is 2.62 bits per heavy atom. The van der Waals surface area contributed by atoms with E-state index in [9.17, 15) is 9.59 Å². The molecule has 0 bridgehead atoms. The van der Waals surface area contributed by atoms with Crippen molar-refractivity contribution in [3.8, 4) is 11.8 Å². The fourth-order valence-corrected chi connectivity index (χ4v) is 1.48. The number of nitrogens with one attached hydrogen (secondary N) is 1. The van der Waals surface area contributed by atoms with Crippen molar-refractivity contribution in [3.63, 3.8) is 0 Å². The molecule has 0 heterocycles. The average molecular weight is 290 g/mol. The molecule has 0 aliphatic heterocycles. The molecule has 6 nitrogen and oxygen atoms in total. The van der Waals surface area contributed by atoms with Gasteiger partial charge in [0.15, 0.2) is 0 Å². The van der Waals surface area contributed by atoms with Gasteiger partial charge in [-0.3, -0.25) is 0 Å². The van der Waals surface area contributed by atoms with Crippen LogP contribution in [0.4, 0.5) is 10.5 Å². The van der Waals surface area contributed by atoms with Gasteiger partial charge in [0.2, 0.25) is 0 Å². The molecule has 1 aromatic carbocycles. The highest BCUT2D eigenvalue weighted by molar-refractivity contribution is 5.96. The average Bonchev–Trinajstić information content (AvgIpc) is 2.32. The Labute approximate surface area is 123 Å². The van der Waals surface area contributed by atoms with Crippen LogP contribution < -0.4 is 11.1 Å². The first kappa shape index (κ1) is 16.4. The largest absolute Gasteiger partial charge is 0.478 e. The van der Waals surface area contributed by atoms with Crippen LogP contribution in [0.15, 0.2) is 18.2 Å². The highest BCUT2D eigenvalue weighted by Gasteiger charge is 2.15. The molecule has 4 N–H and O–H groups in total. The van der Waals surface area contributed by atoms with E-state index in [0.717, 1.165) is 0 Å². The normalized spacial score (nSPS) is 10.2. The Hall–Kier alpha value is -2.68. The number of benzene rings is 1. The van der Waals surface area contributed by atoms with Gasteiger partial charge in [-0.05, 0) is 32.9 Å². The standard InChI is InChI=1S/C15H18N2O4/c1-15(2,3)21-14(20)17-9-5-7-10-6-4-8-11(16)12(10)13(18)19/h4,6,8H,9,16H2,1-3H3,(H,17,20)(H,18,19). The maximum Gasteiger partial charge on any atom is 0.408 e. The summed E-state index contributed by atoms with van der Waals surface area (Å²) in [5, 5.41) is 11.5. The Morgan fingerprint density at radius 2 is 2.05 bits per heavy atom. The van der Waals surface area contributed by atoms with Gasteiger partial charge in [0.25, 0.3) is 0 Å². The maximum absolute atomic E-state index is 11.4. The number of hydrogen-bond donors (Lipinski definition) is 3. The minimum Gasteiger partial charge on any atom is -0.478 e. The molecular formula is C15H18N2O4. The van der Waals surface area contributed by atoms with Gasteiger partial charge in [-0.25, -0.2) is 9.59 Å². The molecule has 0 unspecified atom stereocenters. The number of carboxylic acids is 1. The summed E-state index contributed by atoms with van der Waals surface area (Å²) in [4.78, 5) is 22.5. The Balaban J connectivity index is 2.71. The van der Waals surface area contributed by atoms with Crippen LogP contribution in [0.5, 0.6) is 0 Å². The van der Waals surface area contributed by atoms with Gasteiger partial charge in [-0.1, -0.05) is 17.9 Å². The number of anilines is 1. The first-order valence-electron chi connectivity index (χ1n) is 6.28. The fourth-order valence-electron chi connectivity index (χ4n) is 1.48. The first-order chi connectivity index (χ1) is 9.70. The van der Waals surface area contributed by atoms with Crippen molar-refractivity contribution < 1.29 is 19.4 Å². The minimum atomic E-state index is -1.14. The number of alkyl carbamates (subject to hydrolysis) is 1. The number of aromatic carboxylic acids is 1. The lowest BCUT2D eigenvalue weighted by Crippen LogP contribution is -2.32.